The molecule has 0 bridgehead atoms. The number of sulfonamides is 1. The van der Waals surface area contributed by atoms with Gasteiger partial charge in [0.05, 0.1) is 10.6 Å². The normalized spacial score (nSPS) is 16.1. The van der Waals surface area contributed by atoms with Crippen LogP contribution in [0.3, 0.4) is 0 Å². The minimum atomic E-state index is -3.50. The number of thioether (sulfide) groups is 1. The van der Waals surface area contributed by atoms with E-state index in [1.54, 1.807) is 35.2 Å². The van der Waals surface area contributed by atoms with Gasteiger partial charge in [0.2, 0.25) is 21.1 Å². The van der Waals surface area contributed by atoms with Crippen LogP contribution in [0, 0.1) is 0 Å². The zero-order valence-electron chi connectivity index (χ0n) is 13.2. The van der Waals surface area contributed by atoms with Crippen LogP contribution in [0.15, 0.2) is 39.6 Å². The Labute approximate surface area is 154 Å². The molecule has 11 heteroatoms. The van der Waals surface area contributed by atoms with Gasteiger partial charge in [-0.1, -0.05) is 41.3 Å². The van der Waals surface area contributed by atoms with Crippen molar-refractivity contribution in [3.8, 4) is 0 Å². The Balaban J connectivity index is 1.54. The third-order valence-electron chi connectivity index (χ3n) is 3.71. The summed E-state index contributed by atoms with van der Waals surface area (Å²) in [5.74, 6) is 0.190. The van der Waals surface area contributed by atoms with E-state index in [-0.39, 0.29) is 16.6 Å². The van der Waals surface area contributed by atoms with Crippen LogP contribution in [0.4, 0.5) is 5.13 Å². The topological polar surface area (TPSA) is 109 Å². The fraction of sp³-hybridized carbons (Fsp3) is 0.357. The Morgan fingerprint density at radius 3 is 2.44 bits per heavy atom. The Kier molecular flexibility index (Phi) is 5.57. The van der Waals surface area contributed by atoms with E-state index in [1.807, 2.05) is 0 Å². The van der Waals surface area contributed by atoms with Crippen molar-refractivity contribution < 1.29 is 13.2 Å². The van der Waals surface area contributed by atoms with Gasteiger partial charge in [0, 0.05) is 26.2 Å². The lowest BCUT2D eigenvalue weighted by atomic mass is 10.3. The minimum absolute atomic E-state index is 0.0458. The highest BCUT2D eigenvalue weighted by Gasteiger charge is 2.29. The van der Waals surface area contributed by atoms with Crippen LogP contribution < -0.4 is 5.73 Å². The monoisotopic (exact) mass is 399 g/mol. The summed E-state index contributed by atoms with van der Waals surface area (Å²) in [5.41, 5.74) is 5.51. The van der Waals surface area contributed by atoms with Gasteiger partial charge < -0.3 is 10.6 Å². The van der Waals surface area contributed by atoms with Crippen molar-refractivity contribution in [2.75, 3.05) is 37.7 Å². The quantitative estimate of drug-likeness (QED) is 0.739. The van der Waals surface area contributed by atoms with Crippen molar-refractivity contribution >= 4 is 44.2 Å². The summed E-state index contributed by atoms with van der Waals surface area (Å²) in [5, 5.41) is 7.93. The molecular weight excluding hydrogens is 382 g/mol. The second-order valence-electron chi connectivity index (χ2n) is 5.29. The van der Waals surface area contributed by atoms with E-state index in [1.165, 1.54) is 27.4 Å². The first-order valence-electron chi connectivity index (χ1n) is 7.51. The van der Waals surface area contributed by atoms with Gasteiger partial charge in [0.15, 0.2) is 4.34 Å². The first-order chi connectivity index (χ1) is 12.0. The standard InChI is InChI=1S/C14H17N5O3S3/c15-13-16-17-14(24-13)23-10-12(20)18-6-8-19(9-7-18)25(21,22)11-4-2-1-3-5-11/h1-5H,6-10H2,(H2,15,16). The molecule has 1 aliphatic rings. The van der Waals surface area contributed by atoms with E-state index < -0.39 is 10.0 Å². The number of piperazine rings is 1. The summed E-state index contributed by atoms with van der Waals surface area (Å²) in [6, 6.07) is 8.33. The molecule has 0 unspecified atom stereocenters. The first-order valence-corrected chi connectivity index (χ1v) is 10.8. The minimum Gasteiger partial charge on any atom is -0.374 e. The van der Waals surface area contributed by atoms with Gasteiger partial charge in [-0.25, -0.2) is 8.42 Å². The van der Waals surface area contributed by atoms with Crippen molar-refractivity contribution in [3.63, 3.8) is 0 Å². The lowest BCUT2D eigenvalue weighted by Crippen LogP contribution is -2.50. The summed E-state index contributed by atoms with van der Waals surface area (Å²) < 4.78 is 27.2. The van der Waals surface area contributed by atoms with E-state index >= 15 is 0 Å². The second-order valence-corrected chi connectivity index (χ2v) is 9.46. The maximum atomic E-state index is 12.6. The highest BCUT2D eigenvalue weighted by atomic mass is 32.2. The number of anilines is 1. The molecule has 1 fully saturated rings. The van der Waals surface area contributed by atoms with Gasteiger partial charge in [-0.15, -0.1) is 10.2 Å². The van der Waals surface area contributed by atoms with Crippen LogP contribution >= 0.6 is 23.1 Å². The van der Waals surface area contributed by atoms with Crippen molar-refractivity contribution in [3.05, 3.63) is 30.3 Å². The third-order valence-corrected chi connectivity index (χ3v) is 7.50. The SMILES string of the molecule is Nc1nnc(SCC(=O)N2CCN(S(=O)(=O)c3ccccc3)CC2)s1. The number of nitrogen functional groups attached to an aromatic ring is 1. The fourth-order valence-corrected chi connectivity index (χ4v) is 5.40. The Morgan fingerprint density at radius 2 is 1.84 bits per heavy atom. The van der Waals surface area contributed by atoms with Gasteiger partial charge in [-0.05, 0) is 12.1 Å². The zero-order valence-corrected chi connectivity index (χ0v) is 15.7. The van der Waals surface area contributed by atoms with Gasteiger partial charge in [0.1, 0.15) is 0 Å². The summed E-state index contributed by atoms with van der Waals surface area (Å²) >= 11 is 2.53. The molecule has 0 atom stereocenters. The van der Waals surface area contributed by atoms with E-state index in [2.05, 4.69) is 10.2 Å². The van der Waals surface area contributed by atoms with Crippen LogP contribution in [0.5, 0.6) is 0 Å². The lowest BCUT2D eigenvalue weighted by Gasteiger charge is -2.34. The largest absolute Gasteiger partial charge is 0.374 e. The van der Waals surface area contributed by atoms with Crippen LogP contribution in [-0.2, 0) is 14.8 Å². The maximum absolute atomic E-state index is 12.6. The third kappa shape index (κ3) is 4.29. The molecule has 2 N–H and O–H groups in total. The predicted octanol–water partition coefficient (Wildman–Crippen LogP) is 0.746. The van der Waals surface area contributed by atoms with Gasteiger partial charge in [-0.3, -0.25) is 4.79 Å². The van der Waals surface area contributed by atoms with E-state index in [0.717, 1.165) is 0 Å². The molecule has 25 heavy (non-hydrogen) atoms. The molecule has 2 aromatic rings. The van der Waals surface area contributed by atoms with Crippen LogP contribution in [0.1, 0.15) is 0 Å². The summed E-state index contributed by atoms with van der Waals surface area (Å²) in [6.07, 6.45) is 0. The molecular formula is C14H17N5O3S3. The molecule has 2 heterocycles. The number of hydrogen-bond acceptors (Lipinski definition) is 8. The molecule has 1 saturated heterocycles. The molecule has 0 spiro atoms. The van der Waals surface area contributed by atoms with E-state index in [4.69, 9.17) is 5.73 Å². The Bertz CT molecular complexity index is 832. The molecule has 1 aliphatic heterocycles. The fourth-order valence-electron chi connectivity index (χ4n) is 2.41. The molecule has 1 aromatic heterocycles. The Hall–Kier alpha value is -1.69. The number of rotatable bonds is 5. The molecule has 1 amide bonds. The number of nitrogens with zero attached hydrogens (tertiary/aromatic N) is 4. The average Bonchev–Trinajstić information content (AvgIpc) is 3.06. The van der Waals surface area contributed by atoms with Crippen molar-refractivity contribution in [2.24, 2.45) is 0 Å². The van der Waals surface area contributed by atoms with Crippen LogP contribution in [0.25, 0.3) is 0 Å². The number of benzene rings is 1. The van der Waals surface area contributed by atoms with E-state index in [9.17, 15) is 13.2 Å². The van der Waals surface area contributed by atoms with Crippen molar-refractivity contribution in [1.82, 2.24) is 19.4 Å². The summed E-state index contributed by atoms with van der Waals surface area (Å²) in [6.45, 7) is 1.34. The molecule has 1 aromatic carbocycles. The van der Waals surface area contributed by atoms with Crippen molar-refractivity contribution in [2.45, 2.75) is 9.24 Å². The summed E-state index contributed by atoms with van der Waals surface area (Å²) in [4.78, 5) is 14.2. The highest BCUT2D eigenvalue weighted by molar-refractivity contribution is 8.01. The number of nitrogens with two attached hydrogens (primary N) is 1. The number of carbonyl (C=O) groups is 1. The highest BCUT2D eigenvalue weighted by Crippen LogP contribution is 2.24. The maximum Gasteiger partial charge on any atom is 0.243 e. The average molecular weight is 400 g/mol. The molecule has 0 aliphatic carbocycles. The van der Waals surface area contributed by atoms with Gasteiger partial charge in [-0.2, -0.15) is 4.31 Å². The number of aromatic nitrogens is 2. The zero-order chi connectivity index (χ0) is 17.9. The lowest BCUT2D eigenvalue weighted by molar-refractivity contribution is -0.129. The smallest absolute Gasteiger partial charge is 0.243 e. The number of hydrogen-bond donors (Lipinski definition) is 1. The molecule has 0 saturated carbocycles. The molecule has 0 radical (unpaired) electrons. The molecule has 3 rings (SSSR count). The first kappa shape index (κ1) is 18.1. The van der Waals surface area contributed by atoms with E-state index in [0.29, 0.717) is 35.7 Å². The molecule has 8 nitrogen and oxygen atoms in total. The van der Waals surface area contributed by atoms with Crippen LogP contribution in [-0.4, -0.2) is 65.7 Å². The molecule has 134 valence electrons. The van der Waals surface area contributed by atoms with Gasteiger partial charge >= 0.3 is 0 Å². The number of amides is 1. The van der Waals surface area contributed by atoms with Gasteiger partial charge in [0.25, 0.3) is 0 Å². The second kappa shape index (κ2) is 7.68. The predicted molar refractivity (Wildman–Crippen MR) is 96.8 cm³/mol. The Morgan fingerprint density at radius 1 is 1.16 bits per heavy atom. The number of carbonyl (C=O) groups excluding carboxylic acids is 1. The summed E-state index contributed by atoms with van der Waals surface area (Å²) in [7, 11) is -3.50. The van der Waals surface area contributed by atoms with Crippen LogP contribution in [0.2, 0.25) is 0 Å². The van der Waals surface area contributed by atoms with Crippen molar-refractivity contribution in [1.29, 1.82) is 0 Å².